The summed E-state index contributed by atoms with van der Waals surface area (Å²) < 4.78 is 5.31. The highest BCUT2D eigenvalue weighted by Gasteiger charge is 2.47. The lowest BCUT2D eigenvalue weighted by Crippen LogP contribution is -2.49. The van der Waals surface area contributed by atoms with Crippen LogP contribution in [-0.4, -0.2) is 62.0 Å². The normalized spacial score (nSPS) is 36.3. The summed E-state index contributed by atoms with van der Waals surface area (Å²) >= 11 is 0. The highest BCUT2D eigenvalue weighted by Crippen LogP contribution is 2.36. The number of hydroxylamine groups is 1. The summed E-state index contributed by atoms with van der Waals surface area (Å²) in [5.41, 5.74) is 6.43. The van der Waals surface area contributed by atoms with Crippen LogP contribution in [0, 0.1) is 11.3 Å². The van der Waals surface area contributed by atoms with Gasteiger partial charge in [0.1, 0.15) is 6.04 Å². The quantitative estimate of drug-likeness (QED) is 0.672. The van der Waals surface area contributed by atoms with Crippen molar-refractivity contribution in [2.45, 2.75) is 63.6 Å². The van der Waals surface area contributed by atoms with E-state index in [-0.39, 0.29) is 29.5 Å². The molecule has 4 aliphatic rings. The number of hydrogen-bond acceptors (Lipinski definition) is 6. The summed E-state index contributed by atoms with van der Waals surface area (Å²) in [4.78, 5) is 18.2. The van der Waals surface area contributed by atoms with Gasteiger partial charge in [-0.2, -0.15) is 5.48 Å². The van der Waals surface area contributed by atoms with Crippen LogP contribution in [0.1, 0.15) is 45.4 Å². The van der Waals surface area contributed by atoms with Gasteiger partial charge in [0.25, 0.3) is 0 Å². The number of amides is 1. The third-order valence-electron chi connectivity index (χ3n) is 6.31. The van der Waals surface area contributed by atoms with E-state index in [1.807, 2.05) is 0 Å². The van der Waals surface area contributed by atoms with Gasteiger partial charge in [-0.3, -0.25) is 15.1 Å². The second-order valence-corrected chi connectivity index (χ2v) is 8.64. The largest absolute Gasteiger partial charge is 0.380 e. The van der Waals surface area contributed by atoms with E-state index in [9.17, 15) is 4.79 Å². The van der Waals surface area contributed by atoms with Gasteiger partial charge in [-0.25, -0.2) is 5.01 Å². The number of nitrogens with zero attached hydrogens (tertiary/aromatic N) is 1. The summed E-state index contributed by atoms with van der Waals surface area (Å²) in [5, 5.41) is 5.48. The lowest BCUT2D eigenvalue weighted by molar-refractivity contribution is -0.177. The maximum atomic E-state index is 12.5. The van der Waals surface area contributed by atoms with E-state index in [1.165, 1.54) is 32.1 Å². The molecule has 0 bridgehead atoms. The van der Waals surface area contributed by atoms with Crippen molar-refractivity contribution in [1.29, 1.82) is 0 Å². The van der Waals surface area contributed by atoms with Gasteiger partial charge >= 0.3 is 0 Å². The molecule has 3 heterocycles. The van der Waals surface area contributed by atoms with Crippen LogP contribution >= 0.6 is 0 Å². The van der Waals surface area contributed by atoms with Crippen LogP contribution in [0.5, 0.6) is 0 Å². The van der Waals surface area contributed by atoms with Gasteiger partial charge in [0, 0.05) is 31.5 Å². The minimum Gasteiger partial charge on any atom is -0.380 e. The second kappa shape index (κ2) is 7.48. The molecule has 4 rings (SSSR count). The predicted molar refractivity (Wildman–Crippen MR) is 93.4 cm³/mol. The molecule has 7 nitrogen and oxygen atoms in total. The average molecular weight is 352 g/mol. The van der Waals surface area contributed by atoms with Crippen LogP contribution in [0.3, 0.4) is 0 Å². The van der Waals surface area contributed by atoms with Crippen molar-refractivity contribution in [2.24, 2.45) is 11.3 Å². The molecule has 4 fully saturated rings. The third kappa shape index (κ3) is 4.01. The zero-order chi connectivity index (χ0) is 17.3. The molecule has 3 N–H and O–H groups in total. The Morgan fingerprint density at radius 3 is 2.80 bits per heavy atom. The Labute approximate surface area is 150 Å². The Morgan fingerprint density at radius 2 is 2.08 bits per heavy atom. The molecule has 3 aliphatic heterocycles. The van der Waals surface area contributed by atoms with Crippen LogP contribution in [0.25, 0.3) is 0 Å². The number of rotatable bonds is 5. The molecule has 0 aromatic carbocycles. The Morgan fingerprint density at radius 1 is 1.28 bits per heavy atom. The number of ether oxygens (including phenoxy) is 1. The lowest BCUT2D eigenvalue weighted by Gasteiger charge is -2.41. The molecule has 0 spiro atoms. The third-order valence-corrected chi connectivity index (χ3v) is 6.31. The first kappa shape index (κ1) is 17.7. The molecular weight excluding hydrogens is 320 g/mol. The number of hydrogen-bond donors (Lipinski definition) is 3. The fraction of sp³-hybridized carbons (Fsp3) is 0.944. The van der Waals surface area contributed by atoms with Gasteiger partial charge in [-0.1, -0.05) is 26.2 Å². The fourth-order valence-electron chi connectivity index (χ4n) is 4.53. The molecule has 3 unspecified atom stereocenters. The number of nitrogens with one attached hydrogen (secondary N) is 3. The summed E-state index contributed by atoms with van der Waals surface area (Å²) in [7, 11) is 0. The highest BCUT2D eigenvalue weighted by atomic mass is 16.7. The zero-order valence-corrected chi connectivity index (χ0v) is 15.3. The Hall–Kier alpha value is -0.730. The number of carbonyl (C=O) groups excluding carboxylic acids is 1. The summed E-state index contributed by atoms with van der Waals surface area (Å²) in [6, 6.07) is -0.0746. The molecule has 142 valence electrons. The van der Waals surface area contributed by atoms with Gasteiger partial charge in [0.05, 0.1) is 25.4 Å². The monoisotopic (exact) mass is 352 g/mol. The molecule has 3 saturated heterocycles. The van der Waals surface area contributed by atoms with Crippen molar-refractivity contribution in [3.05, 3.63) is 0 Å². The molecular formula is C18H32N4O3. The topological polar surface area (TPSA) is 74.9 Å². The van der Waals surface area contributed by atoms with E-state index in [2.05, 4.69) is 28.2 Å². The fourth-order valence-corrected chi connectivity index (χ4v) is 4.53. The van der Waals surface area contributed by atoms with Crippen molar-refractivity contribution in [2.75, 3.05) is 32.8 Å². The van der Waals surface area contributed by atoms with Crippen LogP contribution < -0.4 is 16.2 Å². The minimum absolute atomic E-state index is 0.0493. The standard InChI is InChI=1S/C18H32N4O3/c1-18(11-24-12-18)16-7-15(21-25-16)17(23)20-14-8-19-22(10-14)9-13-5-3-2-4-6-13/h13-16,19,21H,2-12H2,1H3,(H,20,23). The first-order valence-corrected chi connectivity index (χ1v) is 9.90. The van der Waals surface area contributed by atoms with E-state index in [4.69, 9.17) is 9.57 Å². The Balaban J connectivity index is 1.19. The molecule has 1 amide bonds. The molecule has 0 aromatic rings. The second-order valence-electron chi connectivity index (χ2n) is 8.64. The number of carbonyl (C=O) groups is 1. The molecule has 0 aromatic heterocycles. The van der Waals surface area contributed by atoms with Crippen molar-refractivity contribution in [3.8, 4) is 0 Å². The molecule has 3 atom stereocenters. The predicted octanol–water partition coefficient (Wildman–Crippen LogP) is 0.570. The molecule has 0 radical (unpaired) electrons. The first-order chi connectivity index (χ1) is 12.1. The van der Waals surface area contributed by atoms with Crippen LogP contribution in [0.2, 0.25) is 0 Å². The van der Waals surface area contributed by atoms with Crippen LogP contribution in [-0.2, 0) is 14.4 Å². The van der Waals surface area contributed by atoms with Gasteiger partial charge in [0.15, 0.2) is 0 Å². The average Bonchev–Trinajstić information content (AvgIpc) is 3.23. The van der Waals surface area contributed by atoms with Crippen LogP contribution in [0.15, 0.2) is 0 Å². The van der Waals surface area contributed by atoms with Crippen LogP contribution in [0.4, 0.5) is 0 Å². The summed E-state index contributed by atoms with van der Waals surface area (Å²) in [6.07, 6.45) is 7.61. The van der Waals surface area contributed by atoms with Crippen molar-refractivity contribution < 1.29 is 14.4 Å². The Kier molecular flexibility index (Phi) is 5.29. The summed E-state index contributed by atoms with van der Waals surface area (Å²) in [5.74, 6) is 0.865. The molecule has 7 heteroatoms. The van der Waals surface area contributed by atoms with E-state index in [0.29, 0.717) is 0 Å². The van der Waals surface area contributed by atoms with Crippen molar-refractivity contribution in [3.63, 3.8) is 0 Å². The van der Waals surface area contributed by atoms with Gasteiger partial charge in [0.2, 0.25) is 5.91 Å². The van der Waals surface area contributed by atoms with Gasteiger partial charge in [-0.05, 0) is 18.8 Å². The maximum Gasteiger partial charge on any atom is 0.239 e. The molecule has 1 saturated carbocycles. The first-order valence-electron chi connectivity index (χ1n) is 9.90. The number of hydrazine groups is 1. The maximum absolute atomic E-state index is 12.5. The smallest absolute Gasteiger partial charge is 0.239 e. The molecule has 25 heavy (non-hydrogen) atoms. The van der Waals surface area contributed by atoms with Gasteiger partial charge in [-0.15, -0.1) is 0 Å². The van der Waals surface area contributed by atoms with Crippen molar-refractivity contribution in [1.82, 2.24) is 21.2 Å². The summed E-state index contributed by atoms with van der Waals surface area (Å²) in [6.45, 7) is 6.42. The van der Waals surface area contributed by atoms with E-state index in [1.54, 1.807) is 0 Å². The lowest BCUT2D eigenvalue weighted by atomic mass is 9.80. The Bertz CT molecular complexity index is 479. The molecule has 1 aliphatic carbocycles. The van der Waals surface area contributed by atoms with Crippen molar-refractivity contribution >= 4 is 5.91 Å². The van der Waals surface area contributed by atoms with E-state index in [0.717, 1.165) is 45.2 Å². The van der Waals surface area contributed by atoms with E-state index < -0.39 is 0 Å². The van der Waals surface area contributed by atoms with E-state index >= 15 is 0 Å². The minimum atomic E-state index is -0.255. The SMILES string of the molecule is CC1(C2CC(C(=O)NC3CNN(CC4CCCCC4)C3)NO2)COC1. The highest BCUT2D eigenvalue weighted by molar-refractivity contribution is 5.82. The zero-order valence-electron chi connectivity index (χ0n) is 15.3. The van der Waals surface area contributed by atoms with Gasteiger partial charge < -0.3 is 10.1 Å².